The van der Waals surface area contributed by atoms with Gasteiger partial charge < -0.3 is 19.5 Å². The first kappa shape index (κ1) is 20.7. The van der Waals surface area contributed by atoms with Gasteiger partial charge in [0.2, 0.25) is 5.91 Å². The van der Waals surface area contributed by atoms with E-state index in [-0.39, 0.29) is 12.3 Å². The number of methoxy groups -OCH3 is 2. The van der Waals surface area contributed by atoms with Crippen molar-refractivity contribution in [2.75, 3.05) is 20.8 Å². The van der Waals surface area contributed by atoms with Crippen molar-refractivity contribution in [3.8, 4) is 11.5 Å². The summed E-state index contributed by atoms with van der Waals surface area (Å²) in [6.07, 6.45) is 1.50. The molecule has 0 saturated heterocycles. The summed E-state index contributed by atoms with van der Waals surface area (Å²) in [6, 6.07) is 11.3. The number of nitrogens with zero attached hydrogens (tertiary/aromatic N) is 1. The molecule has 154 valence electrons. The lowest BCUT2D eigenvalue weighted by Crippen LogP contribution is -2.41. The number of carbonyl (C=O) groups is 2. The zero-order valence-electron chi connectivity index (χ0n) is 17.1. The molecule has 2 aromatic rings. The molecule has 1 unspecified atom stereocenters. The minimum absolute atomic E-state index is 0.0303. The monoisotopic (exact) mass is 397 g/mol. The first-order valence-corrected chi connectivity index (χ1v) is 9.74. The fourth-order valence-electron chi connectivity index (χ4n) is 3.86. The molecule has 0 fully saturated rings. The third kappa shape index (κ3) is 4.70. The zero-order valence-corrected chi connectivity index (χ0v) is 17.1. The predicted octanol–water partition coefficient (Wildman–Crippen LogP) is 3.55. The van der Waals surface area contributed by atoms with Crippen LogP contribution in [0.1, 0.15) is 41.1 Å². The lowest BCUT2D eigenvalue weighted by atomic mass is 9.89. The summed E-state index contributed by atoms with van der Waals surface area (Å²) in [4.78, 5) is 26.2. The predicted molar refractivity (Wildman–Crippen MR) is 109 cm³/mol. The minimum atomic E-state index is -0.936. The maximum atomic E-state index is 13.0. The van der Waals surface area contributed by atoms with Crippen LogP contribution in [0.15, 0.2) is 36.4 Å². The number of carboxylic acid groups (broad SMARTS) is 1. The molecule has 3 rings (SSSR count). The number of ether oxygens (including phenoxy) is 2. The summed E-state index contributed by atoms with van der Waals surface area (Å²) in [5.41, 5.74) is 4.10. The Hall–Kier alpha value is -3.02. The Morgan fingerprint density at radius 2 is 1.76 bits per heavy atom. The fourth-order valence-corrected chi connectivity index (χ4v) is 3.86. The Morgan fingerprint density at radius 3 is 2.38 bits per heavy atom. The molecule has 1 N–H and O–H groups in total. The topological polar surface area (TPSA) is 76.1 Å². The number of hydrogen-bond donors (Lipinski definition) is 1. The van der Waals surface area contributed by atoms with E-state index >= 15 is 0 Å². The molecule has 0 aliphatic carbocycles. The van der Waals surface area contributed by atoms with Gasteiger partial charge in [0.25, 0.3) is 0 Å². The van der Waals surface area contributed by atoms with Gasteiger partial charge in [0, 0.05) is 13.0 Å². The van der Waals surface area contributed by atoms with Gasteiger partial charge in [-0.15, -0.1) is 0 Å². The van der Waals surface area contributed by atoms with Crippen LogP contribution in [0, 0.1) is 6.92 Å². The third-order valence-corrected chi connectivity index (χ3v) is 5.44. The van der Waals surface area contributed by atoms with Crippen molar-refractivity contribution in [2.24, 2.45) is 0 Å². The van der Waals surface area contributed by atoms with Crippen molar-refractivity contribution in [1.29, 1.82) is 0 Å². The number of amides is 1. The SMILES string of the molecule is COc1cc2c(cc1OC)C(CC(=O)O)N(C(=O)CCc1ccc(C)cc1)CC2. The van der Waals surface area contributed by atoms with Crippen LogP contribution in [0.3, 0.4) is 0 Å². The summed E-state index contributed by atoms with van der Waals surface area (Å²) in [5, 5.41) is 9.46. The van der Waals surface area contributed by atoms with E-state index in [9.17, 15) is 14.7 Å². The molecule has 1 atom stereocenters. The van der Waals surface area contributed by atoms with E-state index < -0.39 is 12.0 Å². The Labute approximate surface area is 171 Å². The number of rotatable bonds is 7. The molecule has 1 amide bonds. The first-order chi connectivity index (χ1) is 13.9. The van der Waals surface area contributed by atoms with E-state index in [0.717, 1.165) is 16.7 Å². The number of carboxylic acids is 1. The average Bonchev–Trinajstić information content (AvgIpc) is 2.72. The van der Waals surface area contributed by atoms with E-state index in [1.54, 1.807) is 25.2 Å². The Kier molecular flexibility index (Phi) is 6.42. The molecule has 0 bridgehead atoms. The highest BCUT2D eigenvalue weighted by Crippen LogP contribution is 2.39. The van der Waals surface area contributed by atoms with Gasteiger partial charge in [0.05, 0.1) is 26.7 Å². The fraction of sp³-hybridized carbons (Fsp3) is 0.391. The minimum Gasteiger partial charge on any atom is -0.493 e. The Morgan fingerprint density at radius 1 is 1.10 bits per heavy atom. The second-order valence-electron chi connectivity index (χ2n) is 7.34. The van der Waals surface area contributed by atoms with Gasteiger partial charge in [-0.05, 0) is 48.6 Å². The number of aliphatic carboxylic acids is 1. The quantitative estimate of drug-likeness (QED) is 0.773. The van der Waals surface area contributed by atoms with Gasteiger partial charge in [0.1, 0.15) is 0 Å². The Balaban J connectivity index is 1.83. The maximum Gasteiger partial charge on any atom is 0.305 e. The second-order valence-corrected chi connectivity index (χ2v) is 7.34. The smallest absolute Gasteiger partial charge is 0.305 e. The zero-order chi connectivity index (χ0) is 21.0. The molecule has 0 aromatic heterocycles. The molecular weight excluding hydrogens is 370 g/mol. The molecule has 1 aliphatic heterocycles. The summed E-state index contributed by atoms with van der Waals surface area (Å²) < 4.78 is 10.8. The van der Waals surface area contributed by atoms with Gasteiger partial charge in [-0.3, -0.25) is 9.59 Å². The highest BCUT2D eigenvalue weighted by Gasteiger charge is 2.33. The van der Waals surface area contributed by atoms with Crippen molar-refractivity contribution in [1.82, 2.24) is 4.90 Å². The molecule has 0 radical (unpaired) electrons. The summed E-state index contributed by atoms with van der Waals surface area (Å²) in [6.45, 7) is 2.52. The standard InChI is InChI=1S/C23H27NO5/c1-15-4-6-16(7-5-15)8-9-22(25)24-11-10-17-12-20(28-2)21(29-3)13-18(17)19(24)14-23(26)27/h4-7,12-13,19H,8-11,14H2,1-3H3,(H,26,27). The van der Waals surface area contributed by atoms with E-state index in [4.69, 9.17) is 9.47 Å². The number of carbonyl (C=O) groups excluding carboxylic acids is 1. The van der Waals surface area contributed by atoms with Crippen LogP contribution in [-0.2, 0) is 22.4 Å². The molecule has 2 aromatic carbocycles. The summed E-state index contributed by atoms with van der Waals surface area (Å²) in [5.74, 6) is 0.182. The molecule has 0 spiro atoms. The van der Waals surface area contributed by atoms with Crippen molar-refractivity contribution in [3.05, 3.63) is 58.7 Å². The van der Waals surface area contributed by atoms with Crippen LogP contribution >= 0.6 is 0 Å². The van der Waals surface area contributed by atoms with Crippen molar-refractivity contribution in [3.63, 3.8) is 0 Å². The Bertz CT molecular complexity index is 891. The first-order valence-electron chi connectivity index (χ1n) is 9.74. The molecule has 1 heterocycles. The number of aryl methyl sites for hydroxylation is 2. The third-order valence-electron chi connectivity index (χ3n) is 5.44. The van der Waals surface area contributed by atoms with Gasteiger partial charge in [0.15, 0.2) is 11.5 Å². The van der Waals surface area contributed by atoms with Crippen LogP contribution < -0.4 is 9.47 Å². The average molecular weight is 397 g/mol. The van der Waals surface area contributed by atoms with Crippen molar-refractivity contribution < 1.29 is 24.2 Å². The lowest BCUT2D eigenvalue weighted by Gasteiger charge is -2.37. The number of hydrogen-bond acceptors (Lipinski definition) is 4. The van der Waals surface area contributed by atoms with Gasteiger partial charge >= 0.3 is 5.97 Å². The van der Waals surface area contributed by atoms with Gasteiger partial charge in [-0.1, -0.05) is 29.8 Å². The normalized spacial score (nSPS) is 15.6. The molecule has 6 heteroatoms. The van der Waals surface area contributed by atoms with E-state index in [1.165, 1.54) is 5.56 Å². The van der Waals surface area contributed by atoms with Crippen molar-refractivity contribution in [2.45, 2.75) is 38.6 Å². The molecular formula is C23H27NO5. The van der Waals surface area contributed by atoms with Gasteiger partial charge in [-0.25, -0.2) is 0 Å². The number of benzene rings is 2. The van der Waals surface area contributed by atoms with Crippen molar-refractivity contribution >= 4 is 11.9 Å². The highest BCUT2D eigenvalue weighted by atomic mass is 16.5. The van der Waals surface area contributed by atoms with E-state index in [1.807, 2.05) is 37.3 Å². The van der Waals surface area contributed by atoms with E-state index in [2.05, 4.69) is 0 Å². The lowest BCUT2D eigenvalue weighted by molar-refractivity contribution is -0.141. The second kappa shape index (κ2) is 8.99. The largest absolute Gasteiger partial charge is 0.493 e. The molecule has 1 aliphatic rings. The number of fused-ring (bicyclic) bond motifs is 1. The highest BCUT2D eigenvalue weighted by molar-refractivity contribution is 5.79. The van der Waals surface area contributed by atoms with E-state index in [0.29, 0.717) is 37.3 Å². The van der Waals surface area contributed by atoms with Crippen LogP contribution in [0.4, 0.5) is 0 Å². The summed E-state index contributed by atoms with van der Waals surface area (Å²) in [7, 11) is 3.12. The van der Waals surface area contributed by atoms with Crippen LogP contribution in [0.2, 0.25) is 0 Å². The van der Waals surface area contributed by atoms with Crippen LogP contribution in [0.25, 0.3) is 0 Å². The molecule has 29 heavy (non-hydrogen) atoms. The van der Waals surface area contributed by atoms with Gasteiger partial charge in [-0.2, -0.15) is 0 Å². The maximum absolute atomic E-state index is 13.0. The van der Waals surface area contributed by atoms with Crippen LogP contribution in [-0.4, -0.2) is 42.6 Å². The molecule has 6 nitrogen and oxygen atoms in total. The molecule has 0 saturated carbocycles. The van der Waals surface area contributed by atoms with Crippen LogP contribution in [0.5, 0.6) is 11.5 Å². The summed E-state index contributed by atoms with van der Waals surface area (Å²) >= 11 is 0.